The number of nitrogens with one attached hydrogen (secondary N) is 1. The minimum Gasteiger partial charge on any atom is -0.366 e. The number of benzene rings is 1. The van der Waals surface area contributed by atoms with Crippen LogP contribution in [0.5, 0.6) is 0 Å². The molecule has 1 aromatic carbocycles. The zero-order valence-electron chi connectivity index (χ0n) is 13.8. The van der Waals surface area contributed by atoms with Gasteiger partial charge in [-0.05, 0) is 45.1 Å². The molecule has 23 heavy (non-hydrogen) atoms. The number of aryl methyl sites for hydroxylation is 1. The standard InChI is InChI=1S/C17H20ClN5/c1-11-12(2)21-22-17(14(11)9-19)20-10-16(23(3)4)13-7-5-6-8-15(13)18/h5-8,16H,10H2,1-4H3,(H,20,22)/t16-/m0/s1. The van der Waals surface area contributed by atoms with Crippen molar-refractivity contribution in [3.05, 3.63) is 51.7 Å². The predicted molar refractivity (Wildman–Crippen MR) is 92.6 cm³/mol. The Morgan fingerprint density at radius 2 is 1.96 bits per heavy atom. The SMILES string of the molecule is Cc1nnc(NC[C@@H](c2ccccc2Cl)N(C)C)c(C#N)c1C. The normalized spacial score (nSPS) is 12.0. The van der Waals surface area contributed by atoms with E-state index in [4.69, 9.17) is 11.6 Å². The second-order valence-electron chi connectivity index (χ2n) is 5.63. The van der Waals surface area contributed by atoms with E-state index in [2.05, 4.69) is 26.5 Å². The zero-order valence-corrected chi connectivity index (χ0v) is 14.5. The summed E-state index contributed by atoms with van der Waals surface area (Å²) in [4.78, 5) is 2.08. The molecule has 1 atom stereocenters. The van der Waals surface area contributed by atoms with E-state index in [0.29, 0.717) is 17.9 Å². The molecule has 120 valence electrons. The van der Waals surface area contributed by atoms with Gasteiger partial charge in [-0.25, -0.2) is 0 Å². The van der Waals surface area contributed by atoms with Crippen molar-refractivity contribution < 1.29 is 0 Å². The third-order valence-electron chi connectivity index (χ3n) is 3.92. The number of halogens is 1. The fourth-order valence-electron chi connectivity index (χ4n) is 2.38. The van der Waals surface area contributed by atoms with Crippen LogP contribution in [0.25, 0.3) is 0 Å². The van der Waals surface area contributed by atoms with E-state index >= 15 is 0 Å². The van der Waals surface area contributed by atoms with Crippen LogP contribution < -0.4 is 5.32 Å². The van der Waals surface area contributed by atoms with Gasteiger partial charge in [0, 0.05) is 11.6 Å². The topological polar surface area (TPSA) is 64.8 Å². The van der Waals surface area contributed by atoms with Gasteiger partial charge in [0.15, 0.2) is 5.82 Å². The Hall–Kier alpha value is -2.16. The van der Waals surface area contributed by atoms with E-state index in [9.17, 15) is 5.26 Å². The second kappa shape index (κ2) is 7.40. The van der Waals surface area contributed by atoms with Gasteiger partial charge in [-0.15, -0.1) is 5.10 Å². The van der Waals surface area contributed by atoms with Crippen molar-refractivity contribution in [2.75, 3.05) is 26.0 Å². The first-order valence-corrected chi connectivity index (χ1v) is 7.72. The molecule has 0 aliphatic heterocycles. The summed E-state index contributed by atoms with van der Waals surface area (Å²) in [5, 5.41) is 21.6. The Labute approximate surface area is 141 Å². The molecule has 0 bridgehead atoms. The van der Waals surface area contributed by atoms with Gasteiger partial charge in [-0.3, -0.25) is 0 Å². The van der Waals surface area contributed by atoms with Crippen molar-refractivity contribution in [3.63, 3.8) is 0 Å². The maximum Gasteiger partial charge on any atom is 0.167 e. The number of hydrogen-bond donors (Lipinski definition) is 1. The molecule has 0 saturated heterocycles. The summed E-state index contributed by atoms with van der Waals surface area (Å²) in [7, 11) is 3.99. The second-order valence-corrected chi connectivity index (χ2v) is 6.03. The Morgan fingerprint density at radius 3 is 2.57 bits per heavy atom. The average Bonchev–Trinajstić information content (AvgIpc) is 2.52. The number of nitrogens with zero attached hydrogens (tertiary/aromatic N) is 4. The van der Waals surface area contributed by atoms with Crippen molar-refractivity contribution >= 4 is 17.4 Å². The molecule has 1 N–H and O–H groups in total. The number of anilines is 1. The molecular formula is C17H20ClN5. The van der Waals surface area contributed by atoms with E-state index in [-0.39, 0.29) is 6.04 Å². The van der Waals surface area contributed by atoms with Crippen molar-refractivity contribution in [2.24, 2.45) is 0 Å². The molecule has 0 radical (unpaired) electrons. The van der Waals surface area contributed by atoms with Gasteiger partial charge in [0.1, 0.15) is 11.6 Å². The highest BCUT2D eigenvalue weighted by molar-refractivity contribution is 6.31. The highest BCUT2D eigenvalue weighted by atomic mass is 35.5. The maximum absolute atomic E-state index is 9.37. The van der Waals surface area contributed by atoms with Crippen LogP contribution >= 0.6 is 11.6 Å². The molecule has 6 heteroatoms. The van der Waals surface area contributed by atoms with Gasteiger partial charge in [0.05, 0.1) is 11.7 Å². The Bertz CT molecular complexity index is 736. The lowest BCUT2D eigenvalue weighted by Gasteiger charge is -2.26. The molecule has 0 saturated carbocycles. The molecule has 0 aliphatic rings. The summed E-state index contributed by atoms with van der Waals surface area (Å²) in [6, 6.07) is 10.0. The quantitative estimate of drug-likeness (QED) is 0.911. The lowest BCUT2D eigenvalue weighted by Crippen LogP contribution is -2.27. The minimum absolute atomic E-state index is 0.0543. The first-order chi connectivity index (χ1) is 11.0. The van der Waals surface area contributed by atoms with E-state index < -0.39 is 0 Å². The molecule has 2 aromatic rings. The molecule has 1 heterocycles. The van der Waals surface area contributed by atoms with Crippen LogP contribution in [0.15, 0.2) is 24.3 Å². The molecule has 0 amide bonds. The lowest BCUT2D eigenvalue weighted by molar-refractivity contribution is 0.311. The summed E-state index contributed by atoms with van der Waals surface area (Å²) in [6.45, 7) is 4.30. The smallest absolute Gasteiger partial charge is 0.167 e. The number of aromatic nitrogens is 2. The number of nitriles is 1. The summed E-state index contributed by atoms with van der Waals surface area (Å²) >= 11 is 6.31. The maximum atomic E-state index is 9.37. The zero-order chi connectivity index (χ0) is 17.0. The molecule has 5 nitrogen and oxygen atoms in total. The fraction of sp³-hybridized carbons (Fsp3) is 0.353. The van der Waals surface area contributed by atoms with Crippen LogP contribution in [0.3, 0.4) is 0 Å². The van der Waals surface area contributed by atoms with Crippen LogP contribution in [-0.4, -0.2) is 35.7 Å². The van der Waals surface area contributed by atoms with Gasteiger partial charge >= 0.3 is 0 Å². The van der Waals surface area contributed by atoms with E-state index in [0.717, 1.165) is 21.8 Å². The van der Waals surface area contributed by atoms with Gasteiger partial charge < -0.3 is 10.2 Å². The highest BCUT2D eigenvalue weighted by Gasteiger charge is 2.18. The molecule has 1 aromatic heterocycles. The molecule has 0 unspecified atom stereocenters. The monoisotopic (exact) mass is 329 g/mol. The van der Waals surface area contributed by atoms with Crippen LogP contribution in [0.1, 0.15) is 28.4 Å². The summed E-state index contributed by atoms with van der Waals surface area (Å²) < 4.78 is 0. The largest absolute Gasteiger partial charge is 0.366 e. The number of rotatable bonds is 5. The van der Waals surface area contributed by atoms with Gasteiger partial charge in [-0.2, -0.15) is 10.4 Å². The first-order valence-electron chi connectivity index (χ1n) is 7.34. The summed E-state index contributed by atoms with van der Waals surface area (Å²) in [5.41, 5.74) is 3.18. The molecular weight excluding hydrogens is 310 g/mol. The number of hydrogen-bond acceptors (Lipinski definition) is 5. The van der Waals surface area contributed by atoms with Crippen LogP contribution in [0.2, 0.25) is 5.02 Å². The molecule has 0 spiro atoms. The van der Waals surface area contributed by atoms with Gasteiger partial charge in [0.2, 0.25) is 0 Å². The average molecular weight is 330 g/mol. The Kier molecular flexibility index (Phi) is 5.54. The van der Waals surface area contributed by atoms with Crippen molar-refractivity contribution in [1.82, 2.24) is 15.1 Å². The third kappa shape index (κ3) is 3.79. The van der Waals surface area contributed by atoms with E-state index in [1.807, 2.05) is 52.2 Å². The molecule has 0 fully saturated rings. The van der Waals surface area contributed by atoms with Crippen molar-refractivity contribution in [3.8, 4) is 6.07 Å². The van der Waals surface area contributed by atoms with Crippen LogP contribution in [0, 0.1) is 25.2 Å². The van der Waals surface area contributed by atoms with Gasteiger partial charge in [0.25, 0.3) is 0 Å². The highest BCUT2D eigenvalue weighted by Crippen LogP contribution is 2.27. The van der Waals surface area contributed by atoms with Crippen molar-refractivity contribution in [1.29, 1.82) is 5.26 Å². The summed E-state index contributed by atoms with van der Waals surface area (Å²) in [6.07, 6.45) is 0. The summed E-state index contributed by atoms with van der Waals surface area (Å²) in [5.74, 6) is 0.509. The van der Waals surface area contributed by atoms with Crippen LogP contribution in [-0.2, 0) is 0 Å². The first kappa shape index (κ1) is 17.2. The minimum atomic E-state index is 0.0543. The van der Waals surface area contributed by atoms with E-state index in [1.54, 1.807) is 0 Å². The molecule has 0 aliphatic carbocycles. The van der Waals surface area contributed by atoms with Crippen molar-refractivity contribution in [2.45, 2.75) is 19.9 Å². The van der Waals surface area contributed by atoms with Crippen LogP contribution in [0.4, 0.5) is 5.82 Å². The fourth-order valence-corrected chi connectivity index (χ4v) is 2.64. The predicted octanol–water partition coefficient (Wildman–Crippen LogP) is 3.33. The lowest BCUT2D eigenvalue weighted by atomic mass is 10.1. The Morgan fingerprint density at radius 1 is 1.26 bits per heavy atom. The number of likely N-dealkylation sites (N-methyl/N-ethyl adjacent to an activating group) is 1. The Balaban J connectivity index is 2.26. The molecule has 2 rings (SSSR count). The van der Waals surface area contributed by atoms with E-state index in [1.165, 1.54) is 0 Å². The third-order valence-corrected chi connectivity index (χ3v) is 4.26. The van der Waals surface area contributed by atoms with Gasteiger partial charge in [-0.1, -0.05) is 29.8 Å².